The predicted octanol–water partition coefficient (Wildman–Crippen LogP) is 7.96. The minimum absolute atomic E-state index is 0.0442. The van der Waals surface area contributed by atoms with E-state index in [1.54, 1.807) is 14.2 Å². The maximum absolute atomic E-state index is 10.9. The van der Waals surface area contributed by atoms with Crippen LogP contribution in [0.3, 0.4) is 0 Å². The van der Waals surface area contributed by atoms with E-state index in [0.29, 0.717) is 38.4 Å². The number of rotatable bonds is 15. The molecule has 2 aromatic carbocycles. The van der Waals surface area contributed by atoms with Gasteiger partial charge in [-0.15, -0.1) is 5.54 Å². The second-order valence-electron chi connectivity index (χ2n) is 14.6. The van der Waals surface area contributed by atoms with Crippen molar-refractivity contribution in [3.8, 4) is 34.8 Å². The molecule has 0 bridgehead atoms. The predicted molar refractivity (Wildman–Crippen MR) is 199 cm³/mol. The number of benzene rings is 2. The Bertz CT molecular complexity index is 1420. The van der Waals surface area contributed by atoms with Crippen molar-refractivity contribution >= 4 is 8.07 Å². The van der Waals surface area contributed by atoms with Crippen LogP contribution in [0, 0.1) is 35.1 Å². The van der Waals surface area contributed by atoms with Crippen LogP contribution in [0.15, 0.2) is 60.7 Å². The van der Waals surface area contributed by atoms with Crippen LogP contribution in [0.1, 0.15) is 65.0 Å². The van der Waals surface area contributed by atoms with Gasteiger partial charge in [-0.05, 0) is 55.2 Å². The fourth-order valence-electron chi connectivity index (χ4n) is 5.53. The summed E-state index contributed by atoms with van der Waals surface area (Å²) in [5.41, 5.74) is 5.53. The first kappa shape index (κ1) is 40.3. The van der Waals surface area contributed by atoms with Crippen molar-refractivity contribution < 1.29 is 33.5 Å². The van der Waals surface area contributed by atoms with E-state index >= 15 is 0 Å². The highest BCUT2D eigenvalue weighted by molar-refractivity contribution is 6.83. The molecule has 2 aromatic rings. The van der Waals surface area contributed by atoms with Crippen LogP contribution >= 0.6 is 0 Å². The zero-order chi connectivity index (χ0) is 36.0. The lowest BCUT2D eigenvalue weighted by atomic mass is 9.93. The van der Waals surface area contributed by atoms with Gasteiger partial charge in [0.25, 0.3) is 0 Å². The van der Waals surface area contributed by atoms with E-state index in [4.69, 9.17) is 28.4 Å². The first-order chi connectivity index (χ1) is 23.2. The topological polar surface area (TPSA) is 75.6 Å². The number of hydrogen-bond donors (Lipinski definition) is 1. The molecule has 8 heteroatoms. The van der Waals surface area contributed by atoms with Crippen molar-refractivity contribution in [2.45, 2.75) is 123 Å². The summed E-state index contributed by atoms with van der Waals surface area (Å²) in [5.74, 6) is 11.1. The standard InChI is InChI=1S/C41H58O7Si/c1-30(2)40(46-29-33-17-22-36(44-7)23-18-33)31(3)14-19-39-27-38(47-41(4,5)48-39)13-11-12-34(42)26-37(24-25-49(8,9)10)45-28-32-15-20-35(43-6)21-16-32/h14-23,30-31,34,37-40,42H,12,26-29H2,1-10H3/b19-14+/t31-,34+,37+,38+,39-,40-/m0/s1. The van der Waals surface area contributed by atoms with Gasteiger partial charge in [-0.3, -0.25) is 0 Å². The third-order valence-electron chi connectivity index (χ3n) is 8.02. The second-order valence-corrected chi connectivity index (χ2v) is 19.3. The van der Waals surface area contributed by atoms with Crippen LogP contribution in [0.4, 0.5) is 0 Å². The van der Waals surface area contributed by atoms with Crippen LogP contribution in [-0.2, 0) is 32.2 Å². The summed E-state index contributed by atoms with van der Waals surface area (Å²) in [6.45, 7) is 17.9. The normalized spacial score (nSPS) is 20.0. The largest absolute Gasteiger partial charge is 0.497 e. The molecule has 49 heavy (non-hydrogen) atoms. The van der Waals surface area contributed by atoms with Crippen LogP contribution in [0.5, 0.6) is 11.5 Å². The fraction of sp³-hybridized carbons (Fsp3) is 0.561. The highest BCUT2D eigenvalue weighted by atomic mass is 28.3. The van der Waals surface area contributed by atoms with Gasteiger partial charge in [-0.2, -0.15) is 0 Å². The van der Waals surface area contributed by atoms with E-state index in [-0.39, 0.29) is 24.2 Å². The minimum atomic E-state index is -1.62. The molecule has 7 nitrogen and oxygen atoms in total. The van der Waals surface area contributed by atoms with Crippen molar-refractivity contribution in [1.82, 2.24) is 0 Å². The quantitative estimate of drug-likeness (QED) is 0.116. The lowest BCUT2D eigenvalue weighted by Crippen LogP contribution is -2.43. The average molecular weight is 691 g/mol. The van der Waals surface area contributed by atoms with Crippen molar-refractivity contribution in [3.63, 3.8) is 0 Å². The average Bonchev–Trinajstić information content (AvgIpc) is 3.04. The molecule has 0 spiro atoms. The van der Waals surface area contributed by atoms with Crippen LogP contribution < -0.4 is 9.47 Å². The molecule has 1 aliphatic heterocycles. The van der Waals surface area contributed by atoms with Gasteiger partial charge in [0, 0.05) is 25.2 Å². The van der Waals surface area contributed by atoms with Gasteiger partial charge in [0.1, 0.15) is 31.8 Å². The number of ether oxygens (including phenoxy) is 6. The Morgan fingerprint density at radius 1 is 0.898 bits per heavy atom. The third-order valence-corrected chi connectivity index (χ3v) is 8.91. The lowest BCUT2D eigenvalue weighted by Gasteiger charge is -2.38. The molecule has 1 heterocycles. The molecule has 1 N–H and O–H groups in total. The molecule has 6 atom stereocenters. The van der Waals surface area contributed by atoms with Crippen LogP contribution in [0.2, 0.25) is 19.6 Å². The summed E-state index contributed by atoms with van der Waals surface area (Å²) in [7, 11) is 1.70. The van der Waals surface area contributed by atoms with Gasteiger partial charge in [0.05, 0.1) is 45.7 Å². The van der Waals surface area contributed by atoms with Gasteiger partial charge in [0.2, 0.25) is 0 Å². The maximum Gasteiger partial charge on any atom is 0.165 e. The van der Waals surface area contributed by atoms with E-state index in [1.807, 2.05) is 62.4 Å². The van der Waals surface area contributed by atoms with Crippen molar-refractivity contribution in [3.05, 3.63) is 71.8 Å². The summed E-state index contributed by atoms with van der Waals surface area (Å²) in [6.07, 6.45) is 4.08. The van der Waals surface area contributed by atoms with Crippen molar-refractivity contribution in [2.24, 2.45) is 11.8 Å². The molecule has 268 valence electrons. The summed E-state index contributed by atoms with van der Waals surface area (Å²) >= 11 is 0. The Balaban J connectivity index is 1.57. The Hall–Kier alpha value is -3.08. The number of aliphatic hydroxyl groups excluding tert-OH is 1. The molecule has 1 saturated heterocycles. The minimum Gasteiger partial charge on any atom is -0.497 e. The van der Waals surface area contributed by atoms with Crippen molar-refractivity contribution in [2.75, 3.05) is 14.2 Å². The molecule has 1 aliphatic rings. The van der Waals surface area contributed by atoms with E-state index < -0.39 is 26.1 Å². The van der Waals surface area contributed by atoms with Gasteiger partial charge in [-0.1, -0.05) is 94.6 Å². The Morgan fingerprint density at radius 2 is 1.47 bits per heavy atom. The zero-order valence-corrected chi connectivity index (χ0v) is 32.2. The highest BCUT2D eigenvalue weighted by Gasteiger charge is 2.34. The number of aliphatic hydroxyl groups is 1. The number of hydrogen-bond acceptors (Lipinski definition) is 7. The monoisotopic (exact) mass is 690 g/mol. The second kappa shape index (κ2) is 19.3. The van der Waals surface area contributed by atoms with Crippen LogP contribution in [-0.4, -0.2) is 63.7 Å². The SMILES string of the molecule is COc1ccc(CO[C@H](C#C[Si](C)(C)C)C[C@H](O)CC#C[C@@H]2C[C@H](/C=C/[C@H](C)[C@@H](OCc3ccc(OC)cc3)C(C)C)OC(C)(C)O2)cc1. The van der Waals surface area contributed by atoms with Gasteiger partial charge in [0.15, 0.2) is 5.79 Å². The summed E-state index contributed by atoms with van der Waals surface area (Å²) in [5, 5.41) is 10.9. The van der Waals surface area contributed by atoms with Gasteiger partial charge < -0.3 is 33.5 Å². The van der Waals surface area contributed by atoms with Crippen LogP contribution in [0.25, 0.3) is 0 Å². The molecule has 0 unspecified atom stereocenters. The Labute approximate surface area is 296 Å². The smallest absolute Gasteiger partial charge is 0.165 e. The zero-order valence-electron chi connectivity index (χ0n) is 31.2. The molecule has 0 saturated carbocycles. The summed E-state index contributed by atoms with van der Waals surface area (Å²) in [6, 6.07) is 15.8. The van der Waals surface area contributed by atoms with Gasteiger partial charge in [-0.25, -0.2) is 0 Å². The molecule has 0 aliphatic carbocycles. The first-order valence-corrected chi connectivity index (χ1v) is 20.9. The highest BCUT2D eigenvalue weighted by Crippen LogP contribution is 2.28. The summed E-state index contributed by atoms with van der Waals surface area (Å²) in [4.78, 5) is 0. The number of methoxy groups -OCH3 is 2. The Morgan fingerprint density at radius 3 is 2.00 bits per heavy atom. The van der Waals surface area contributed by atoms with E-state index in [1.165, 1.54) is 0 Å². The molecular formula is C41H58O7Si. The van der Waals surface area contributed by atoms with Gasteiger partial charge >= 0.3 is 0 Å². The molecular weight excluding hydrogens is 633 g/mol. The molecule has 0 amide bonds. The Kier molecular flexibility index (Phi) is 15.9. The summed E-state index contributed by atoms with van der Waals surface area (Å²) < 4.78 is 35.5. The molecule has 0 aromatic heterocycles. The van der Waals surface area contributed by atoms with E-state index in [0.717, 1.165) is 22.6 Å². The first-order valence-electron chi connectivity index (χ1n) is 17.4. The van der Waals surface area contributed by atoms with Crippen molar-refractivity contribution in [1.29, 1.82) is 0 Å². The molecule has 3 rings (SSSR count). The van der Waals surface area contributed by atoms with E-state index in [9.17, 15) is 5.11 Å². The third kappa shape index (κ3) is 15.1. The lowest BCUT2D eigenvalue weighted by molar-refractivity contribution is -0.278. The van der Waals surface area contributed by atoms with E-state index in [2.05, 4.69) is 75.9 Å². The molecule has 1 fully saturated rings. The fourth-order valence-corrected chi connectivity index (χ4v) is 6.12. The molecule has 0 radical (unpaired) electrons. The maximum atomic E-state index is 10.9.